The third-order valence-corrected chi connectivity index (χ3v) is 3.55. The maximum absolute atomic E-state index is 12.4. The summed E-state index contributed by atoms with van der Waals surface area (Å²) >= 11 is 0. The van der Waals surface area contributed by atoms with Crippen LogP contribution in [-0.4, -0.2) is 38.8 Å². The molecule has 0 spiro atoms. The fraction of sp³-hybridized carbons (Fsp3) is 0.357. The number of carbonyl (C=O) groups is 3. The Hall–Kier alpha value is -2.77. The lowest BCUT2D eigenvalue weighted by Gasteiger charge is -2.22. The van der Waals surface area contributed by atoms with E-state index in [0.29, 0.717) is 17.7 Å². The van der Waals surface area contributed by atoms with Crippen molar-refractivity contribution in [2.45, 2.75) is 32.2 Å². The lowest BCUT2D eigenvalue weighted by molar-refractivity contribution is -0.385. The molecule has 1 heterocycles. The number of nitro benzene ring substituents is 1. The van der Waals surface area contributed by atoms with E-state index in [4.69, 9.17) is 0 Å². The Balaban J connectivity index is 2.48. The van der Waals surface area contributed by atoms with Crippen LogP contribution in [0.25, 0.3) is 0 Å². The Kier molecular flexibility index (Phi) is 4.20. The number of carboxylic acids is 1. The average Bonchev–Trinajstić information content (AvgIpc) is 2.72. The molecule has 2 amide bonds. The number of imide groups is 1. The van der Waals surface area contributed by atoms with Crippen LogP contribution in [0.3, 0.4) is 0 Å². The van der Waals surface area contributed by atoms with Gasteiger partial charge in [-0.2, -0.15) is 0 Å². The Morgan fingerprint density at radius 3 is 2.59 bits per heavy atom. The summed E-state index contributed by atoms with van der Waals surface area (Å²) in [7, 11) is 0. The highest BCUT2D eigenvalue weighted by Crippen LogP contribution is 2.32. The number of carbonyl (C=O) groups excluding carboxylic acids is 2. The van der Waals surface area contributed by atoms with E-state index in [-0.39, 0.29) is 17.5 Å². The van der Waals surface area contributed by atoms with Crippen LogP contribution in [0.2, 0.25) is 0 Å². The number of carboxylic acid groups (broad SMARTS) is 1. The van der Waals surface area contributed by atoms with Crippen molar-refractivity contribution in [2.75, 3.05) is 0 Å². The van der Waals surface area contributed by atoms with Crippen LogP contribution in [0.4, 0.5) is 5.69 Å². The molecule has 1 aromatic carbocycles. The van der Waals surface area contributed by atoms with Gasteiger partial charge in [-0.25, -0.2) is 4.79 Å². The van der Waals surface area contributed by atoms with Crippen molar-refractivity contribution < 1.29 is 24.4 Å². The molecular formula is C14H14N2O6. The van der Waals surface area contributed by atoms with Gasteiger partial charge in [-0.1, -0.05) is 25.8 Å². The number of unbranched alkanes of at least 4 members (excludes halogenated alkanes) is 1. The maximum Gasteiger partial charge on any atom is 0.326 e. The number of aliphatic carboxylic acids is 1. The van der Waals surface area contributed by atoms with E-state index in [1.165, 1.54) is 12.1 Å². The first-order valence-electron chi connectivity index (χ1n) is 6.78. The second-order valence-electron chi connectivity index (χ2n) is 4.93. The number of hydrogen-bond donors (Lipinski definition) is 1. The molecule has 116 valence electrons. The van der Waals surface area contributed by atoms with Crippen LogP contribution in [0, 0.1) is 10.1 Å². The van der Waals surface area contributed by atoms with Gasteiger partial charge in [0.1, 0.15) is 11.6 Å². The van der Waals surface area contributed by atoms with E-state index in [1.807, 2.05) is 6.92 Å². The second kappa shape index (κ2) is 5.92. The summed E-state index contributed by atoms with van der Waals surface area (Å²) in [6.45, 7) is 1.85. The topological polar surface area (TPSA) is 118 Å². The van der Waals surface area contributed by atoms with Crippen LogP contribution in [0.1, 0.15) is 46.9 Å². The van der Waals surface area contributed by atoms with Crippen molar-refractivity contribution in [3.05, 3.63) is 39.4 Å². The lowest BCUT2D eigenvalue weighted by atomic mass is 10.1. The highest BCUT2D eigenvalue weighted by molar-refractivity contribution is 6.24. The van der Waals surface area contributed by atoms with Gasteiger partial charge in [-0.3, -0.25) is 24.6 Å². The molecule has 1 atom stereocenters. The minimum atomic E-state index is -1.31. The number of fused-ring (bicyclic) bond motifs is 1. The predicted molar refractivity (Wildman–Crippen MR) is 74.5 cm³/mol. The number of rotatable bonds is 6. The molecule has 0 saturated heterocycles. The van der Waals surface area contributed by atoms with Gasteiger partial charge in [0.15, 0.2) is 0 Å². The fourth-order valence-electron chi connectivity index (χ4n) is 2.48. The van der Waals surface area contributed by atoms with Crippen molar-refractivity contribution in [1.82, 2.24) is 4.90 Å². The monoisotopic (exact) mass is 306 g/mol. The average molecular weight is 306 g/mol. The summed E-state index contributed by atoms with van der Waals surface area (Å²) in [4.78, 5) is 46.9. The molecule has 8 nitrogen and oxygen atoms in total. The van der Waals surface area contributed by atoms with Crippen molar-refractivity contribution in [2.24, 2.45) is 0 Å². The molecule has 22 heavy (non-hydrogen) atoms. The van der Waals surface area contributed by atoms with Crippen LogP contribution in [-0.2, 0) is 4.79 Å². The van der Waals surface area contributed by atoms with Gasteiger partial charge < -0.3 is 5.11 Å². The summed E-state index contributed by atoms with van der Waals surface area (Å²) in [5.74, 6) is -3.02. The number of amides is 2. The summed E-state index contributed by atoms with van der Waals surface area (Å²) < 4.78 is 0. The zero-order valence-electron chi connectivity index (χ0n) is 11.8. The third-order valence-electron chi connectivity index (χ3n) is 3.55. The van der Waals surface area contributed by atoms with Crippen molar-refractivity contribution in [3.63, 3.8) is 0 Å². The molecule has 8 heteroatoms. The van der Waals surface area contributed by atoms with E-state index < -0.39 is 34.4 Å². The highest BCUT2D eigenvalue weighted by atomic mass is 16.6. The molecule has 1 N–H and O–H groups in total. The van der Waals surface area contributed by atoms with Crippen molar-refractivity contribution in [3.8, 4) is 0 Å². The van der Waals surface area contributed by atoms with Gasteiger partial charge >= 0.3 is 5.97 Å². The highest BCUT2D eigenvalue weighted by Gasteiger charge is 2.46. The molecule has 0 fully saturated rings. The van der Waals surface area contributed by atoms with E-state index in [9.17, 15) is 29.6 Å². The van der Waals surface area contributed by atoms with Crippen molar-refractivity contribution >= 4 is 23.5 Å². The minimum Gasteiger partial charge on any atom is -0.480 e. The first-order valence-corrected chi connectivity index (χ1v) is 6.78. The van der Waals surface area contributed by atoms with Gasteiger partial charge in [-0.15, -0.1) is 0 Å². The van der Waals surface area contributed by atoms with Gasteiger partial charge in [0.2, 0.25) is 0 Å². The molecule has 0 aliphatic carbocycles. The quantitative estimate of drug-likeness (QED) is 0.486. The Morgan fingerprint density at radius 1 is 1.36 bits per heavy atom. The third kappa shape index (κ3) is 2.43. The first-order chi connectivity index (χ1) is 10.4. The van der Waals surface area contributed by atoms with Gasteiger partial charge in [0.05, 0.1) is 10.5 Å². The van der Waals surface area contributed by atoms with Crippen LogP contribution in [0.5, 0.6) is 0 Å². The SMILES string of the molecule is CCCCC(C(=O)O)N1C(=O)c2cccc([N+](=O)[O-])c2C1=O. The standard InChI is InChI=1S/C14H14N2O6/c1-2-3-6-10(14(19)20)15-12(17)8-5-4-7-9(16(21)22)11(8)13(15)18/h4-5,7,10H,2-3,6H2,1H3,(H,19,20). The molecule has 1 aromatic rings. The zero-order valence-corrected chi connectivity index (χ0v) is 11.8. The Labute approximate surface area is 125 Å². The summed E-state index contributed by atoms with van der Waals surface area (Å²) in [5.41, 5.74) is -0.944. The Morgan fingerprint density at radius 2 is 2.05 bits per heavy atom. The molecule has 0 bridgehead atoms. The molecule has 2 rings (SSSR count). The fourth-order valence-corrected chi connectivity index (χ4v) is 2.48. The number of hydrogen-bond acceptors (Lipinski definition) is 5. The zero-order chi connectivity index (χ0) is 16.4. The predicted octanol–water partition coefficient (Wildman–Crippen LogP) is 1.83. The molecule has 1 aliphatic rings. The van der Waals surface area contributed by atoms with E-state index in [0.717, 1.165) is 6.07 Å². The Bertz CT molecular complexity index is 669. The van der Waals surface area contributed by atoms with Crippen LogP contribution in [0.15, 0.2) is 18.2 Å². The second-order valence-corrected chi connectivity index (χ2v) is 4.93. The first kappa shape index (κ1) is 15.6. The molecule has 1 aliphatic heterocycles. The lowest BCUT2D eigenvalue weighted by Crippen LogP contribution is -2.44. The van der Waals surface area contributed by atoms with E-state index in [2.05, 4.69) is 0 Å². The van der Waals surface area contributed by atoms with Gasteiger partial charge in [0.25, 0.3) is 17.5 Å². The number of benzene rings is 1. The van der Waals surface area contributed by atoms with E-state index in [1.54, 1.807) is 0 Å². The van der Waals surface area contributed by atoms with Gasteiger partial charge in [-0.05, 0) is 12.5 Å². The normalized spacial score (nSPS) is 14.9. The molecule has 0 saturated carbocycles. The minimum absolute atomic E-state index is 0.116. The van der Waals surface area contributed by atoms with Crippen molar-refractivity contribution in [1.29, 1.82) is 0 Å². The number of nitrogens with zero attached hydrogens (tertiary/aromatic N) is 2. The molecule has 1 unspecified atom stereocenters. The number of nitro groups is 1. The summed E-state index contributed by atoms with van der Waals surface area (Å²) in [6.07, 6.45) is 1.34. The van der Waals surface area contributed by atoms with Gasteiger partial charge in [0, 0.05) is 6.07 Å². The largest absolute Gasteiger partial charge is 0.480 e. The van der Waals surface area contributed by atoms with E-state index >= 15 is 0 Å². The maximum atomic E-state index is 12.4. The van der Waals surface area contributed by atoms with Crippen LogP contribution >= 0.6 is 0 Å². The smallest absolute Gasteiger partial charge is 0.326 e. The van der Waals surface area contributed by atoms with Crippen LogP contribution < -0.4 is 0 Å². The summed E-state index contributed by atoms with van der Waals surface area (Å²) in [5, 5.41) is 20.3. The summed E-state index contributed by atoms with van der Waals surface area (Å²) in [6, 6.07) is 2.40. The molecule has 0 radical (unpaired) electrons. The molecular weight excluding hydrogens is 292 g/mol. The molecule has 0 aromatic heterocycles.